The van der Waals surface area contributed by atoms with Crippen LogP contribution in [-0.4, -0.2) is 90.1 Å². The predicted octanol–water partition coefficient (Wildman–Crippen LogP) is 6.91. The molecule has 4 amide bonds. The minimum absolute atomic E-state index is 0.00260. The number of nitrogens with zero attached hydrogens (tertiary/aromatic N) is 4. The van der Waals surface area contributed by atoms with Gasteiger partial charge in [-0.1, -0.05) is 76.2 Å². The van der Waals surface area contributed by atoms with Crippen molar-refractivity contribution >= 4 is 24.0 Å². The first-order chi connectivity index (χ1) is 26.3. The molecule has 0 aliphatic carbocycles. The number of hydrogen-bond donors (Lipinski definition) is 5. The minimum Gasteiger partial charge on any atom is -0.465 e. The topological polar surface area (TPSA) is 186 Å². The largest absolute Gasteiger partial charge is 0.465 e. The summed E-state index contributed by atoms with van der Waals surface area (Å²) in [5.74, 6) is 0.699. The van der Waals surface area contributed by atoms with Crippen LogP contribution in [0.1, 0.15) is 91.0 Å². The number of aromatic nitrogens is 4. The molecule has 2 aliphatic rings. The van der Waals surface area contributed by atoms with Gasteiger partial charge in [-0.25, -0.2) is 19.6 Å². The molecule has 2 fully saturated rings. The standard InChI is InChI=1S/C41H52N8O6/c1-22(2)34(46-40(52)53)38(50)48-24(5)8-18-32(48)36-42-20-30(44-36)28-14-10-26(11-15-28)27-12-16-29(17-13-27)31-21-43-37(45-31)33-19-9-25(6)49(33)39(51)35(23(3)4)47-41(54)55-7/h10-17,20-25,32-35,46H,8-9,18-19H2,1-7H3,(H,42,44)(H,43,45)(H,47,54)(H,52,53)/t24-,25?,32-,33?,34-,35-/m0/s1. The molecular weight excluding hydrogens is 701 g/mol. The van der Waals surface area contributed by atoms with Crippen LogP contribution < -0.4 is 10.6 Å². The highest BCUT2D eigenvalue weighted by Crippen LogP contribution is 2.38. The number of rotatable bonds is 11. The van der Waals surface area contributed by atoms with Crippen LogP contribution in [0.3, 0.4) is 0 Å². The molecule has 2 aliphatic heterocycles. The number of ether oxygens (including phenoxy) is 1. The van der Waals surface area contributed by atoms with E-state index in [1.54, 1.807) is 17.3 Å². The monoisotopic (exact) mass is 752 g/mol. The lowest BCUT2D eigenvalue weighted by Gasteiger charge is -2.32. The molecule has 5 N–H and O–H groups in total. The summed E-state index contributed by atoms with van der Waals surface area (Å²) < 4.78 is 4.77. The summed E-state index contributed by atoms with van der Waals surface area (Å²) in [7, 11) is 1.29. The molecule has 6 atom stereocenters. The Morgan fingerprint density at radius 2 is 1.05 bits per heavy atom. The van der Waals surface area contributed by atoms with Crippen LogP contribution in [0.25, 0.3) is 33.6 Å². The number of likely N-dealkylation sites (tertiary alicyclic amines) is 2. The quantitative estimate of drug-likeness (QED) is 0.109. The number of benzene rings is 2. The lowest BCUT2D eigenvalue weighted by molar-refractivity contribution is -0.138. The Hall–Kier alpha value is -5.66. The van der Waals surface area contributed by atoms with Gasteiger partial charge in [0.2, 0.25) is 11.8 Å². The number of methoxy groups -OCH3 is 1. The minimum atomic E-state index is -1.22. The van der Waals surface area contributed by atoms with Crippen LogP contribution in [0.4, 0.5) is 9.59 Å². The number of carbonyl (C=O) groups is 4. The van der Waals surface area contributed by atoms with Crippen molar-refractivity contribution in [3.63, 3.8) is 0 Å². The number of aromatic amines is 2. The van der Waals surface area contributed by atoms with E-state index in [9.17, 15) is 24.3 Å². The van der Waals surface area contributed by atoms with E-state index in [1.165, 1.54) is 7.11 Å². The number of carbonyl (C=O) groups excluding carboxylic acids is 3. The van der Waals surface area contributed by atoms with Crippen molar-refractivity contribution in [1.29, 1.82) is 0 Å². The van der Waals surface area contributed by atoms with Gasteiger partial charge in [0.1, 0.15) is 23.7 Å². The number of H-pyrrole nitrogens is 2. The van der Waals surface area contributed by atoms with E-state index in [0.717, 1.165) is 59.3 Å². The molecule has 14 nitrogen and oxygen atoms in total. The molecule has 2 unspecified atom stereocenters. The first-order valence-electron chi connectivity index (χ1n) is 19.1. The highest BCUT2D eigenvalue weighted by atomic mass is 16.5. The van der Waals surface area contributed by atoms with Gasteiger partial charge < -0.3 is 40.2 Å². The highest BCUT2D eigenvalue weighted by molar-refractivity contribution is 5.87. The maximum Gasteiger partial charge on any atom is 0.407 e. The van der Waals surface area contributed by atoms with Crippen molar-refractivity contribution in [2.45, 2.75) is 103 Å². The number of carboxylic acid groups (broad SMARTS) is 1. The fourth-order valence-corrected chi connectivity index (χ4v) is 7.90. The zero-order valence-corrected chi connectivity index (χ0v) is 32.5. The molecular formula is C41H52N8O6. The summed E-state index contributed by atoms with van der Waals surface area (Å²) >= 11 is 0. The van der Waals surface area contributed by atoms with Crippen molar-refractivity contribution in [3.8, 4) is 33.6 Å². The Morgan fingerprint density at radius 1 is 0.673 bits per heavy atom. The number of imidazole rings is 2. The Bertz CT molecular complexity index is 1990. The number of nitrogens with one attached hydrogen (secondary N) is 4. The van der Waals surface area contributed by atoms with E-state index >= 15 is 0 Å². The van der Waals surface area contributed by atoms with Gasteiger partial charge in [0.05, 0.1) is 43.0 Å². The average Bonchev–Trinajstić information content (AvgIpc) is 3.99. The third kappa shape index (κ3) is 8.23. The fourth-order valence-electron chi connectivity index (χ4n) is 7.90. The highest BCUT2D eigenvalue weighted by Gasteiger charge is 2.42. The van der Waals surface area contributed by atoms with Crippen molar-refractivity contribution in [3.05, 3.63) is 72.6 Å². The van der Waals surface area contributed by atoms with Gasteiger partial charge in [-0.2, -0.15) is 0 Å². The third-order valence-corrected chi connectivity index (χ3v) is 11.0. The van der Waals surface area contributed by atoms with Gasteiger partial charge in [0.25, 0.3) is 0 Å². The molecule has 55 heavy (non-hydrogen) atoms. The van der Waals surface area contributed by atoms with E-state index in [1.807, 2.05) is 70.7 Å². The zero-order chi connectivity index (χ0) is 39.6. The number of alkyl carbamates (subject to hydrolysis) is 1. The number of hydrogen-bond acceptors (Lipinski definition) is 7. The van der Waals surface area contributed by atoms with Crippen LogP contribution in [0.15, 0.2) is 60.9 Å². The van der Waals surface area contributed by atoms with E-state index in [2.05, 4.69) is 49.9 Å². The van der Waals surface area contributed by atoms with Gasteiger partial charge in [-0.3, -0.25) is 9.59 Å². The lowest BCUT2D eigenvalue weighted by atomic mass is 10.0. The SMILES string of the molecule is COC(=O)N[C@H](C(=O)N1C(C)CCC1c1ncc(-c2ccc(-c3ccc(-c4cnc([C@@H]5CC[C@H](C)N5C(=O)[C@@H](NC(=O)O)C(C)C)[nH]4)cc3)cc2)[nH]1)C(C)C. The Labute approximate surface area is 321 Å². The second-order valence-electron chi connectivity index (χ2n) is 15.4. The summed E-state index contributed by atoms with van der Waals surface area (Å²) in [5, 5.41) is 14.5. The van der Waals surface area contributed by atoms with Crippen LogP contribution in [-0.2, 0) is 14.3 Å². The van der Waals surface area contributed by atoms with Crippen molar-refractivity contribution in [2.24, 2.45) is 11.8 Å². The Balaban J connectivity index is 1.13. The molecule has 0 radical (unpaired) electrons. The molecule has 2 aromatic carbocycles. The van der Waals surface area contributed by atoms with Gasteiger partial charge in [0, 0.05) is 12.1 Å². The number of amides is 4. The van der Waals surface area contributed by atoms with E-state index in [4.69, 9.17) is 9.72 Å². The van der Waals surface area contributed by atoms with Crippen LogP contribution >= 0.6 is 0 Å². The smallest absolute Gasteiger partial charge is 0.407 e. The third-order valence-electron chi connectivity index (χ3n) is 11.0. The molecule has 0 bridgehead atoms. The summed E-state index contributed by atoms with van der Waals surface area (Å²) in [6.45, 7) is 11.5. The molecule has 14 heteroatoms. The molecule has 6 rings (SSSR count). The van der Waals surface area contributed by atoms with Gasteiger partial charge in [0.15, 0.2) is 0 Å². The summed E-state index contributed by atoms with van der Waals surface area (Å²) in [5.41, 5.74) is 5.69. The normalized spacial score (nSPS) is 20.8. The molecule has 292 valence electrons. The molecule has 0 spiro atoms. The van der Waals surface area contributed by atoms with E-state index in [-0.39, 0.29) is 47.8 Å². The maximum atomic E-state index is 13.7. The van der Waals surface area contributed by atoms with Crippen LogP contribution in [0.2, 0.25) is 0 Å². The average molecular weight is 753 g/mol. The molecule has 2 saturated heterocycles. The van der Waals surface area contributed by atoms with Gasteiger partial charge in [-0.15, -0.1) is 0 Å². The Kier molecular flexibility index (Phi) is 11.6. The van der Waals surface area contributed by atoms with Crippen molar-refractivity contribution in [1.82, 2.24) is 40.4 Å². The molecule has 2 aromatic heterocycles. The van der Waals surface area contributed by atoms with Gasteiger partial charge in [-0.05, 0) is 73.6 Å². The predicted molar refractivity (Wildman–Crippen MR) is 208 cm³/mol. The maximum absolute atomic E-state index is 13.7. The second-order valence-corrected chi connectivity index (χ2v) is 15.4. The van der Waals surface area contributed by atoms with E-state index in [0.29, 0.717) is 11.6 Å². The van der Waals surface area contributed by atoms with Crippen LogP contribution in [0.5, 0.6) is 0 Å². The fraction of sp³-hybridized carbons (Fsp3) is 0.463. The Morgan fingerprint density at radius 3 is 1.42 bits per heavy atom. The van der Waals surface area contributed by atoms with E-state index < -0.39 is 24.3 Å². The first-order valence-corrected chi connectivity index (χ1v) is 19.1. The summed E-state index contributed by atoms with van der Waals surface area (Å²) in [6, 6.07) is 14.3. The molecule has 4 heterocycles. The first kappa shape index (κ1) is 39.0. The second kappa shape index (κ2) is 16.4. The molecule has 0 saturated carbocycles. The van der Waals surface area contributed by atoms with Gasteiger partial charge >= 0.3 is 12.2 Å². The van der Waals surface area contributed by atoms with Crippen LogP contribution in [0, 0.1) is 11.8 Å². The zero-order valence-electron chi connectivity index (χ0n) is 32.5. The summed E-state index contributed by atoms with van der Waals surface area (Å²) in [4.78, 5) is 70.6. The van der Waals surface area contributed by atoms with Crippen molar-refractivity contribution in [2.75, 3.05) is 7.11 Å². The summed E-state index contributed by atoms with van der Waals surface area (Å²) in [6.07, 6.45) is 4.86. The molecule has 4 aromatic rings. The van der Waals surface area contributed by atoms with Crippen molar-refractivity contribution < 1.29 is 29.0 Å². The lowest BCUT2D eigenvalue weighted by Crippen LogP contribution is -2.52.